The van der Waals surface area contributed by atoms with Gasteiger partial charge in [0.15, 0.2) is 0 Å². The Bertz CT molecular complexity index is 302. The quantitative estimate of drug-likeness (QED) is 0.643. The number of aliphatic hydroxyl groups excluding tert-OH is 2. The van der Waals surface area contributed by atoms with E-state index in [0.717, 1.165) is 13.0 Å². The van der Waals surface area contributed by atoms with Gasteiger partial charge in [-0.2, -0.15) is 0 Å². The zero-order valence-corrected chi connectivity index (χ0v) is 9.82. The van der Waals surface area contributed by atoms with Gasteiger partial charge in [0.25, 0.3) is 0 Å². The number of rotatable bonds is 7. The maximum atomic E-state index is 9.02. The Labute approximate surface area is 97.1 Å². The summed E-state index contributed by atoms with van der Waals surface area (Å²) in [6.07, 6.45) is 1.55. The first kappa shape index (κ1) is 13.2. The van der Waals surface area contributed by atoms with Crippen LogP contribution in [0.5, 0.6) is 0 Å². The molecule has 3 heteroatoms. The number of aryl methyl sites for hydroxylation is 1. The molecular formula is C13H21NO2. The van der Waals surface area contributed by atoms with Crippen molar-refractivity contribution in [2.45, 2.75) is 25.8 Å². The van der Waals surface area contributed by atoms with Gasteiger partial charge in [-0.3, -0.25) is 0 Å². The highest BCUT2D eigenvalue weighted by atomic mass is 16.3. The minimum atomic E-state index is 0.00908. The molecule has 90 valence electrons. The van der Waals surface area contributed by atoms with Crippen LogP contribution in [0.25, 0.3) is 0 Å². The fourth-order valence-corrected chi connectivity index (χ4v) is 1.70. The van der Waals surface area contributed by atoms with Gasteiger partial charge in [0.05, 0.1) is 6.61 Å². The molecular weight excluding hydrogens is 202 g/mol. The van der Waals surface area contributed by atoms with Crippen molar-refractivity contribution in [3.8, 4) is 0 Å². The van der Waals surface area contributed by atoms with E-state index < -0.39 is 0 Å². The van der Waals surface area contributed by atoms with Crippen molar-refractivity contribution in [2.75, 3.05) is 19.8 Å². The maximum absolute atomic E-state index is 9.02. The molecule has 3 N–H and O–H groups in total. The average molecular weight is 223 g/mol. The smallest absolute Gasteiger partial charge is 0.0585 e. The van der Waals surface area contributed by atoms with Crippen LogP contribution >= 0.6 is 0 Å². The van der Waals surface area contributed by atoms with Crippen molar-refractivity contribution in [3.05, 3.63) is 35.4 Å². The lowest BCUT2D eigenvalue weighted by Gasteiger charge is -2.14. The zero-order chi connectivity index (χ0) is 11.8. The molecule has 0 aromatic heterocycles. The van der Waals surface area contributed by atoms with Crippen LogP contribution in [0.3, 0.4) is 0 Å². The third-order valence-electron chi connectivity index (χ3n) is 2.63. The van der Waals surface area contributed by atoms with Crippen LogP contribution in [0.1, 0.15) is 17.5 Å². The van der Waals surface area contributed by atoms with Crippen molar-refractivity contribution in [3.63, 3.8) is 0 Å². The van der Waals surface area contributed by atoms with Crippen LogP contribution in [-0.4, -0.2) is 36.0 Å². The number of hydrogen-bond acceptors (Lipinski definition) is 3. The van der Waals surface area contributed by atoms with Gasteiger partial charge in [-0.15, -0.1) is 0 Å². The van der Waals surface area contributed by atoms with E-state index in [1.807, 2.05) is 0 Å². The lowest BCUT2D eigenvalue weighted by molar-refractivity contribution is 0.201. The average Bonchev–Trinajstić information content (AvgIpc) is 2.28. The number of hydrogen-bond donors (Lipinski definition) is 3. The first-order chi connectivity index (χ1) is 7.76. The lowest BCUT2D eigenvalue weighted by Crippen LogP contribution is -2.34. The minimum Gasteiger partial charge on any atom is -0.396 e. The van der Waals surface area contributed by atoms with Crippen LogP contribution < -0.4 is 5.32 Å². The normalized spacial score (nSPS) is 12.7. The molecule has 0 spiro atoms. The summed E-state index contributed by atoms with van der Waals surface area (Å²) >= 11 is 0. The van der Waals surface area contributed by atoms with E-state index >= 15 is 0 Å². The van der Waals surface area contributed by atoms with Gasteiger partial charge in [-0.05, 0) is 31.9 Å². The molecule has 1 atom stereocenters. The molecule has 0 saturated carbocycles. The first-order valence-electron chi connectivity index (χ1n) is 5.77. The molecule has 0 bridgehead atoms. The Morgan fingerprint density at radius 3 is 2.75 bits per heavy atom. The van der Waals surface area contributed by atoms with E-state index in [1.54, 1.807) is 0 Å². The van der Waals surface area contributed by atoms with E-state index in [2.05, 4.69) is 36.5 Å². The standard InChI is InChI=1S/C13H21NO2/c1-11-3-2-4-12(9-11)5-7-14-13(10-16)6-8-15/h2-4,9,13-16H,5-8,10H2,1H3. The van der Waals surface area contributed by atoms with Crippen molar-refractivity contribution in [2.24, 2.45) is 0 Å². The Kier molecular flexibility index (Phi) is 6.08. The van der Waals surface area contributed by atoms with Crippen molar-refractivity contribution < 1.29 is 10.2 Å². The van der Waals surface area contributed by atoms with Gasteiger partial charge >= 0.3 is 0 Å². The van der Waals surface area contributed by atoms with Crippen LogP contribution in [-0.2, 0) is 6.42 Å². The molecule has 0 amide bonds. The minimum absolute atomic E-state index is 0.00908. The summed E-state index contributed by atoms with van der Waals surface area (Å²) < 4.78 is 0. The van der Waals surface area contributed by atoms with Gasteiger partial charge in [-0.25, -0.2) is 0 Å². The highest BCUT2D eigenvalue weighted by Gasteiger charge is 2.04. The Morgan fingerprint density at radius 1 is 1.31 bits per heavy atom. The number of aliphatic hydroxyl groups is 2. The molecule has 0 aliphatic rings. The summed E-state index contributed by atoms with van der Waals surface area (Å²) in [6, 6.07) is 8.42. The summed E-state index contributed by atoms with van der Waals surface area (Å²) in [4.78, 5) is 0. The molecule has 3 nitrogen and oxygen atoms in total. The van der Waals surface area contributed by atoms with E-state index in [1.165, 1.54) is 11.1 Å². The predicted octanol–water partition coefficient (Wildman–Crippen LogP) is 0.870. The lowest BCUT2D eigenvalue weighted by atomic mass is 10.1. The third kappa shape index (κ3) is 4.75. The molecule has 1 unspecified atom stereocenters. The Morgan fingerprint density at radius 2 is 2.12 bits per heavy atom. The van der Waals surface area contributed by atoms with E-state index in [0.29, 0.717) is 6.42 Å². The van der Waals surface area contributed by atoms with E-state index in [-0.39, 0.29) is 19.3 Å². The molecule has 0 radical (unpaired) electrons. The number of nitrogens with one attached hydrogen (secondary N) is 1. The molecule has 0 aliphatic carbocycles. The summed E-state index contributed by atoms with van der Waals surface area (Å²) in [5.74, 6) is 0. The SMILES string of the molecule is Cc1cccc(CCNC(CO)CCO)c1. The maximum Gasteiger partial charge on any atom is 0.0585 e. The van der Waals surface area contributed by atoms with Crippen LogP contribution in [0, 0.1) is 6.92 Å². The Balaban J connectivity index is 2.29. The van der Waals surface area contributed by atoms with Gasteiger partial charge in [0, 0.05) is 12.6 Å². The first-order valence-corrected chi connectivity index (χ1v) is 5.77. The van der Waals surface area contributed by atoms with E-state index in [4.69, 9.17) is 10.2 Å². The fourth-order valence-electron chi connectivity index (χ4n) is 1.70. The second-order valence-corrected chi connectivity index (χ2v) is 4.08. The van der Waals surface area contributed by atoms with Gasteiger partial charge < -0.3 is 15.5 Å². The van der Waals surface area contributed by atoms with Crippen LogP contribution in [0.15, 0.2) is 24.3 Å². The largest absolute Gasteiger partial charge is 0.396 e. The summed E-state index contributed by atoms with van der Waals surface area (Å²) in [5.41, 5.74) is 2.57. The molecule has 0 fully saturated rings. The second kappa shape index (κ2) is 7.39. The van der Waals surface area contributed by atoms with Crippen LogP contribution in [0.2, 0.25) is 0 Å². The van der Waals surface area contributed by atoms with Crippen LogP contribution in [0.4, 0.5) is 0 Å². The van der Waals surface area contributed by atoms with E-state index in [9.17, 15) is 0 Å². The molecule has 1 aromatic carbocycles. The zero-order valence-electron chi connectivity index (χ0n) is 9.82. The van der Waals surface area contributed by atoms with Gasteiger partial charge in [-0.1, -0.05) is 29.8 Å². The highest BCUT2D eigenvalue weighted by molar-refractivity contribution is 5.22. The van der Waals surface area contributed by atoms with Gasteiger partial charge in [0.1, 0.15) is 0 Å². The number of benzene rings is 1. The second-order valence-electron chi connectivity index (χ2n) is 4.08. The Hall–Kier alpha value is -0.900. The van der Waals surface area contributed by atoms with Crippen molar-refractivity contribution in [1.82, 2.24) is 5.32 Å². The molecule has 0 heterocycles. The monoisotopic (exact) mass is 223 g/mol. The van der Waals surface area contributed by atoms with Gasteiger partial charge in [0.2, 0.25) is 0 Å². The summed E-state index contributed by atoms with van der Waals surface area (Å²) in [6.45, 7) is 3.10. The molecule has 16 heavy (non-hydrogen) atoms. The van der Waals surface area contributed by atoms with Crippen molar-refractivity contribution >= 4 is 0 Å². The van der Waals surface area contributed by atoms with Crippen molar-refractivity contribution in [1.29, 1.82) is 0 Å². The highest BCUT2D eigenvalue weighted by Crippen LogP contribution is 2.04. The summed E-state index contributed by atoms with van der Waals surface area (Å²) in [5, 5.41) is 21.0. The molecule has 0 saturated heterocycles. The molecule has 0 aliphatic heterocycles. The topological polar surface area (TPSA) is 52.5 Å². The third-order valence-corrected chi connectivity index (χ3v) is 2.63. The molecule has 1 aromatic rings. The summed E-state index contributed by atoms with van der Waals surface area (Å²) in [7, 11) is 0. The fraction of sp³-hybridized carbons (Fsp3) is 0.538. The molecule has 1 rings (SSSR count). The predicted molar refractivity (Wildman–Crippen MR) is 65.5 cm³/mol.